The van der Waals surface area contributed by atoms with Crippen molar-refractivity contribution < 1.29 is 18.0 Å². The molecular formula is C26H35N3O4S. The highest BCUT2D eigenvalue weighted by atomic mass is 32.2. The lowest BCUT2D eigenvalue weighted by Gasteiger charge is -2.37. The fourth-order valence-corrected chi connectivity index (χ4v) is 5.22. The summed E-state index contributed by atoms with van der Waals surface area (Å²) in [6, 6.07) is 11.5. The van der Waals surface area contributed by atoms with E-state index in [1.807, 2.05) is 20.8 Å². The van der Waals surface area contributed by atoms with Gasteiger partial charge in [0.05, 0.1) is 10.8 Å². The maximum absolute atomic E-state index is 13.2. The van der Waals surface area contributed by atoms with Crippen molar-refractivity contribution in [1.29, 1.82) is 0 Å². The highest BCUT2D eigenvalue weighted by Gasteiger charge is 2.33. The van der Waals surface area contributed by atoms with Gasteiger partial charge in [0.2, 0.25) is 5.91 Å². The summed E-state index contributed by atoms with van der Waals surface area (Å²) in [5.74, 6) is -0.350. The average Bonchev–Trinajstić information content (AvgIpc) is 2.81. The summed E-state index contributed by atoms with van der Waals surface area (Å²) in [4.78, 5) is 27.6. The van der Waals surface area contributed by atoms with E-state index in [0.717, 1.165) is 36.8 Å². The number of rotatable bonds is 8. The Labute approximate surface area is 203 Å². The molecule has 7 nitrogen and oxygen atoms in total. The fourth-order valence-electron chi connectivity index (χ4n) is 4.08. The van der Waals surface area contributed by atoms with E-state index in [9.17, 15) is 18.0 Å². The van der Waals surface area contributed by atoms with Gasteiger partial charge in [-0.1, -0.05) is 19.4 Å². The van der Waals surface area contributed by atoms with Crippen molar-refractivity contribution in [1.82, 2.24) is 10.2 Å². The normalized spacial score (nSPS) is 18.4. The third-order valence-corrected chi connectivity index (χ3v) is 7.89. The van der Waals surface area contributed by atoms with Crippen molar-refractivity contribution in [3.8, 4) is 0 Å². The molecule has 1 saturated heterocycles. The van der Waals surface area contributed by atoms with Gasteiger partial charge in [-0.05, 0) is 87.6 Å². The predicted molar refractivity (Wildman–Crippen MR) is 134 cm³/mol. The Kier molecular flexibility index (Phi) is 8.36. The van der Waals surface area contributed by atoms with Gasteiger partial charge < -0.3 is 10.2 Å². The number of unbranched alkanes of at least 4 members (excludes halogenated alkanes) is 1. The van der Waals surface area contributed by atoms with Crippen LogP contribution in [0.5, 0.6) is 0 Å². The Hall–Kier alpha value is -2.87. The molecule has 2 aromatic carbocycles. The minimum atomic E-state index is -3.73. The second-order valence-electron chi connectivity index (χ2n) is 9.15. The number of carbonyl (C=O) groups is 2. The van der Waals surface area contributed by atoms with E-state index in [0.29, 0.717) is 24.3 Å². The van der Waals surface area contributed by atoms with Crippen LogP contribution in [0.1, 0.15) is 61.0 Å². The Bertz CT molecular complexity index is 1130. The zero-order valence-corrected chi connectivity index (χ0v) is 21.2. The summed E-state index contributed by atoms with van der Waals surface area (Å²) in [5.41, 5.74) is 2.77. The molecule has 184 valence electrons. The monoisotopic (exact) mass is 485 g/mol. The summed E-state index contributed by atoms with van der Waals surface area (Å²) < 4.78 is 28.1. The van der Waals surface area contributed by atoms with Crippen LogP contribution in [-0.2, 0) is 14.8 Å². The summed E-state index contributed by atoms with van der Waals surface area (Å²) in [6.45, 7) is 8.92. The number of benzene rings is 2. The lowest BCUT2D eigenvalue weighted by Crippen LogP contribution is -2.49. The van der Waals surface area contributed by atoms with Gasteiger partial charge in [0.25, 0.3) is 15.9 Å². The molecule has 1 aliphatic heterocycles. The number of piperidine rings is 1. The van der Waals surface area contributed by atoms with Gasteiger partial charge in [-0.3, -0.25) is 14.3 Å². The molecule has 2 N–H and O–H groups in total. The largest absolute Gasteiger partial charge is 0.356 e. The number of sulfonamides is 1. The van der Waals surface area contributed by atoms with Gasteiger partial charge >= 0.3 is 0 Å². The Balaban J connectivity index is 1.67. The summed E-state index contributed by atoms with van der Waals surface area (Å²) in [6.07, 6.45) is 3.49. The first-order valence-electron chi connectivity index (χ1n) is 11.9. The first-order valence-corrected chi connectivity index (χ1v) is 13.4. The highest BCUT2D eigenvalue weighted by molar-refractivity contribution is 7.92. The molecule has 2 unspecified atom stereocenters. The van der Waals surface area contributed by atoms with E-state index in [4.69, 9.17) is 0 Å². The zero-order valence-electron chi connectivity index (χ0n) is 20.4. The molecule has 2 amide bonds. The molecular weight excluding hydrogens is 450 g/mol. The molecule has 8 heteroatoms. The molecule has 1 aliphatic rings. The molecule has 2 atom stereocenters. The lowest BCUT2D eigenvalue weighted by molar-refractivity contribution is -0.126. The summed E-state index contributed by atoms with van der Waals surface area (Å²) >= 11 is 0. The van der Waals surface area contributed by atoms with Crippen molar-refractivity contribution in [2.45, 2.75) is 64.3 Å². The van der Waals surface area contributed by atoms with Crippen molar-refractivity contribution in [3.63, 3.8) is 0 Å². The molecule has 3 rings (SSSR count). The fraction of sp³-hybridized carbons (Fsp3) is 0.462. The maximum atomic E-state index is 13.2. The van der Waals surface area contributed by atoms with Crippen molar-refractivity contribution in [3.05, 3.63) is 59.2 Å². The number of nitrogens with one attached hydrogen (secondary N) is 2. The summed E-state index contributed by atoms with van der Waals surface area (Å²) in [7, 11) is -3.73. The number of nitrogens with zero attached hydrogens (tertiary/aromatic N) is 1. The summed E-state index contributed by atoms with van der Waals surface area (Å²) in [5, 5.41) is 2.97. The average molecular weight is 486 g/mol. The van der Waals surface area contributed by atoms with Gasteiger partial charge in [-0.15, -0.1) is 0 Å². The molecule has 0 saturated carbocycles. The first kappa shape index (κ1) is 25.7. The lowest BCUT2D eigenvalue weighted by atomic mass is 9.92. The zero-order chi connectivity index (χ0) is 24.9. The van der Waals surface area contributed by atoms with Crippen LogP contribution in [0.4, 0.5) is 5.69 Å². The number of carbonyl (C=O) groups excluding carboxylic acids is 2. The van der Waals surface area contributed by atoms with Crippen molar-refractivity contribution >= 4 is 27.5 Å². The van der Waals surface area contributed by atoms with Gasteiger partial charge in [-0.25, -0.2) is 8.42 Å². The van der Waals surface area contributed by atoms with Crippen LogP contribution < -0.4 is 10.0 Å². The van der Waals surface area contributed by atoms with Gasteiger partial charge in [-0.2, -0.15) is 0 Å². The van der Waals surface area contributed by atoms with E-state index in [2.05, 4.69) is 17.0 Å². The molecule has 2 aromatic rings. The smallest absolute Gasteiger partial charge is 0.261 e. The quantitative estimate of drug-likeness (QED) is 0.546. The van der Waals surface area contributed by atoms with Gasteiger partial charge in [0.15, 0.2) is 0 Å². The van der Waals surface area contributed by atoms with Crippen molar-refractivity contribution in [2.24, 2.45) is 5.92 Å². The number of anilines is 1. The molecule has 0 bridgehead atoms. The standard InChI is InChI=1S/C26H35N3O4S/c1-5-6-15-27-25(30)22-9-8-20(4)29(17-22)26(31)21-10-12-23(13-11-21)28-34(32,33)24-14-7-18(2)19(3)16-24/h7,10-14,16,20,22,28H,5-6,8-9,15,17H2,1-4H3,(H,27,30). The Morgan fingerprint density at radius 2 is 1.74 bits per heavy atom. The van der Waals surface area contributed by atoms with E-state index < -0.39 is 10.0 Å². The topological polar surface area (TPSA) is 95.6 Å². The van der Waals surface area contributed by atoms with Crippen LogP contribution in [0, 0.1) is 19.8 Å². The molecule has 0 spiro atoms. The van der Waals surface area contributed by atoms with E-state index in [1.54, 1.807) is 47.4 Å². The van der Waals surface area contributed by atoms with Crippen LogP contribution in [-0.4, -0.2) is 44.3 Å². The van der Waals surface area contributed by atoms with Crippen LogP contribution in [0.2, 0.25) is 0 Å². The Morgan fingerprint density at radius 3 is 2.38 bits per heavy atom. The van der Waals surface area contributed by atoms with Crippen molar-refractivity contribution in [2.75, 3.05) is 17.8 Å². The van der Waals surface area contributed by atoms with Crippen LogP contribution in [0.25, 0.3) is 0 Å². The van der Waals surface area contributed by atoms with E-state index >= 15 is 0 Å². The third kappa shape index (κ3) is 6.17. The first-order chi connectivity index (χ1) is 16.1. The predicted octanol–water partition coefficient (Wildman–Crippen LogP) is 4.26. The minimum Gasteiger partial charge on any atom is -0.356 e. The second-order valence-corrected chi connectivity index (χ2v) is 10.8. The van der Waals surface area contributed by atoms with Crippen LogP contribution in [0.3, 0.4) is 0 Å². The Morgan fingerprint density at radius 1 is 1.03 bits per heavy atom. The number of amides is 2. The number of hydrogen-bond acceptors (Lipinski definition) is 4. The van der Waals surface area contributed by atoms with E-state index in [1.165, 1.54) is 0 Å². The molecule has 34 heavy (non-hydrogen) atoms. The van der Waals surface area contributed by atoms with Crippen LogP contribution in [0.15, 0.2) is 47.4 Å². The second kappa shape index (κ2) is 11.0. The van der Waals surface area contributed by atoms with E-state index in [-0.39, 0.29) is 28.7 Å². The SMILES string of the molecule is CCCCNC(=O)C1CCC(C)N(C(=O)c2ccc(NS(=O)(=O)c3ccc(C)c(C)c3)cc2)C1. The third-order valence-electron chi connectivity index (χ3n) is 6.52. The molecule has 0 aromatic heterocycles. The maximum Gasteiger partial charge on any atom is 0.261 e. The van der Waals surface area contributed by atoms with Gasteiger partial charge in [0, 0.05) is 30.4 Å². The number of hydrogen-bond donors (Lipinski definition) is 2. The number of aryl methyl sites for hydroxylation is 2. The number of likely N-dealkylation sites (tertiary alicyclic amines) is 1. The molecule has 1 heterocycles. The molecule has 0 aliphatic carbocycles. The highest BCUT2D eigenvalue weighted by Crippen LogP contribution is 2.25. The molecule has 1 fully saturated rings. The van der Waals surface area contributed by atoms with Gasteiger partial charge in [0.1, 0.15) is 0 Å². The molecule has 0 radical (unpaired) electrons. The minimum absolute atomic E-state index is 0.00856. The van der Waals surface area contributed by atoms with Crippen LogP contribution >= 0.6 is 0 Å².